The van der Waals surface area contributed by atoms with Crippen molar-refractivity contribution in [3.63, 3.8) is 0 Å². The van der Waals surface area contributed by atoms with Crippen LogP contribution in [0, 0.1) is 5.92 Å². The van der Waals surface area contributed by atoms with Crippen LogP contribution in [0.5, 0.6) is 0 Å². The van der Waals surface area contributed by atoms with E-state index >= 15 is 0 Å². The predicted octanol–water partition coefficient (Wildman–Crippen LogP) is 3.45. The Morgan fingerprint density at radius 2 is 2.05 bits per heavy atom. The summed E-state index contributed by atoms with van der Waals surface area (Å²) >= 11 is 1.83. The van der Waals surface area contributed by atoms with Crippen molar-refractivity contribution in [3.05, 3.63) is 30.1 Å². The zero-order chi connectivity index (χ0) is 13.8. The van der Waals surface area contributed by atoms with Gasteiger partial charge >= 0.3 is 0 Å². The molecule has 19 heavy (non-hydrogen) atoms. The first-order valence-electron chi connectivity index (χ1n) is 6.83. The highest BCUT2D eigenvalue weighted by atomic mass is 32.2. The van der Waals surface area contributed by atoms with Gasteiger partial charge in [0.1, 0.15) is 5.82 Å². The lowest BCUT2D eigenvalue weighted by molar-refractivity contribution is 0.495. The predicted molar refractivity (Wildman–Crippen MR) is 84.5 cm³/mol. The molecule has 0 bridgehead atoms. The summed E-state index contributed by atoms with van der Waals surface area (Å²) in [5, 5.41) is 0. The lowest BCUT2D eigenvalue weighted by atomic mass is 10.2. The molecule has 0 spiro atoms. The molecule has 0 aliphatic carbocycles. The summed E-state index contributed by atoms with van der Waals surface area (Å²) in [5.41, 5.74) is 8.58. The second-order valence-corrected chi connectivity index (χ2v) is 6.34. The van der Waals surface area contributed by atoms with Gasteiger partial charge in [-0.1, -0.05) is 26.0 Å². The smallest absolute Gasteiger partial charge is 0.126 e. The molecule has 2 N–H and O–H groups in total. The van der Waals surface area contributed by atoms with Crippen LogP contribution < -0.4 is 5.73 Å². The Labute approximate surface area is 119 Å². The third-order valence-electron chi connectivity index (χ3n) is 3.20. The maximum atomic E-state index is 6.32. The maximum absolute atomic E-state index is 6.32. The van der Waals surface area contributed by atoms with E-state index in [0.29, 0.717) is 5.92 Å². The summed E-state index contributed by atoms with van der Waals surface area (Å²) in [6.07, 6.45) is 3.09. The average molecular weight is 277 g/mol. The first-order chi connectivity index (χ1) is 9.13. The fourth-order valence-corrected chi connectivity index (χ4v) is 2.80. The number of rotatable bonds is 6. The van der Waals surface area contributed by atoms with Crippen molar-refractivity contribution in [2.45, 2.75) is 32.9 Å². The van der Waals surface area contributed by atoms with Gasteiger partial charge in [-0.3, -0.25) is 0 Å². The lowest BCUT2D eigenvalue weighted by Gasteiger charge is -2.16. The number of hydrogen-bond acceptors (Lipinski definition) is 3. The van der Waals surface area contributed by atoms with Crippen molar-refractivity contribution in [2.24, 2.45) is 11.7 Å². The molecule has 0 saturated heterocycles. The number of fused-ring (bicyclic) bond motifs is 1. The third-order valence-corrected chi connectivity index (χ3v) is 3.84. The summed E-state index contributed by atoms with van der Waals surface area (Å²) < 4.78 is 2.30. The van der Waals surface area contributed by atoms with Gasteiger partial charge in [-0.05, 0) is 36.5 Å². The Bertz CT molecular complexity index is 533. The SMILES string of the molecule is CSCCC(N)c1nc2ccccc2n1CC(C)C. The summed E-state index contributed by atoms with van der Waals surface area (Å²) in [6.45, 7) is 5.43. The molecule has 1 aromatic carbocycles. The fraction of sp³-hybridized carbons (Fsp3) is 0.533. The van der Waals surface area contributed by atoms with Gasteiger partial charge in [0.15, 0.2) is 0 Å². The molecule has 0 radical (unpaired) electrons. The molecule has 3 nitrogen and oxygen atoms in total. The van der Waals surface area contributed by atoms with Gasteiger partial charge in [0.25, 0.3) is 0 Å². The van der Waals surface area contributed by atoms with Crippen LogP contribution in [-0.2, 0) is 6.54 Å². The minimum absolute atomic E-state index is 0.0265. The zero-order valence-electron chi connectivity index (χ0n) is 12.0. The molecule has 1 heterocycles. The molecule has 1 aromatic heterocycles. The van der Waals surface area contributed by atoms with E-state index in [1.807, 2.05) is 17.8 Å². The van der Waals surface area contributed by atoms with E-state index in [9.17, 15) is 0 Å². The van der Waals surface area contributed by atoms with Gasteiger partial charge < -0.3 is 10.3 Å². The Morgan fingerprint density at radius 1 is 1.32 bits per heavy atom. The van der Waals surface area contributed by atoms with Gasteiger partial charge in [0.2, 0.25) is 0 Å². The van der Waals surface area contributed by atoms with Gasteiger partial charge in [-0.15, -0.1) is 0 Å². The van der Waals surface area contributed by atoms with Crippen molar-refractivity contribution in [1.82, 2.24) is 9.55 Å². The lowest BCUT2D eigenvalue weighted by Crippen LogP contribution is -2.19. The summed E-state index contributed by atoms with van der Waals surface area (Å²) in [7, 11) is 0. The van der Waals surface area contributed by atoms with Crippen LogP contribution in [0.1, 0.15) is 32.1 Å². The van der Waals surface area contributed by atoms with Crippen LogP contribution in [0.2, 0.25) is 0 Å². The monoisotopic (exact) mass is 277 g/mol. The Kier molecular flexibility index (Phi) is 4.88. The van der Waals surface area contributed by atoms with Crippen molar-refractivity contribution < 1.29 is 0 Å². The molecule has 1 unspecified atom stereocenters. The van der Waals surface area contributed by atoms with Crippen LogP contribution in [-0.4, -0.2) is 21.6 Å². The quantitative estimate of drug-likeness (QED) is 0.879. The molecular formula is C15H23N3S. The molecule has 4 heteroatoms. The zero-order valence-corrected chi connectivity index (χ0v) is 12.8. The van der Waals surface area contributed by atoms with Crippen molar-refractivity contribution in [3.8, 4) is 0 Å². The van der Waals surface area contributed by atoms with E-state index in [1.165, 1.54) is 5.52 Å². The number of thioether (sulfide) groups is 1. The Balaban J connectivity index is 2.40. The maximum Gasteiger partial charge on any atom is 0.126 e. The molecule has 0 saturated carbocycles. The molecule has 104 valence electrons. The average Bonchev–Trinajstić information content (AvgIpc) is 2.74. The molecule has 1 atom stereocenters. The summed E-state index contributed by atoms with van der Waals surface area (Å²) in [6, 6.07) is 8.33. The Hall–Kier alpha value is -1.00. The molecule has 0 fully saturated rings. The van der Waals surface area contributed by atoms with Crippen molar-refractivity contribution in [2.75, 3.05) is 12.0 Å². The van der Waals surface area contributed by atoms with E-state index < -0.39 is 0 Å². The van der Waals surface area contributed by atoms with E-state index in [4.69, 9.17) is 10.7 Å². The minimum atomic E-state index is 0.0265. The number of para-hydroxylation sites is 2. The van der Waals surface area contributed by atoms with Gasteiger partial charge in [0, 0.05) is 6.54 Å². The second kappa shape index (κ2) is 6.44. The third kappa shape index (κ3) is 3.31. The van der Waals surface area contributed by atoms with Crippen molar-refractivity contribution >= 4 is 22.8 Å². The molecule has 0 aliphatic rings. The van der Waals surface area contributed by atoms with E-state index in [-0.39, 0.29) is 6.04 Å². The van der Waals surface area contributed by atoms with E-state index in [1.54, 1.807) is 0 Å². The molecule has 0 aliphatic heterocycles. The standard InChI is InChI=1S/C15H23N3S/c1-11(2)10-18-14-7-5-4-6-13(14)17-15(18)12(16)8-9-19-3/h4-7,11-12H,8-10,16H2,1-3H3. The topological polar surface area (TPSA) is 43.8 Å². The number of imidazole rings is 1. The minimum Gasteiger partial charge on any atom is -0.326 e. The fourth-order valence-electron chi connectivity index (χ4n) is 2.31. The first kappa shape index (κ1) is 14.4. The largest absolute Gasteiger partial charge is 0.326 e. The highest BCUT2D eigenvalue weighted by Gasteiger charge is 2.17. The van der Waals surface area contributed by atoms with E-state index in [0.717, 1.165) is 30.1 Å². The van der Waals surface area contributed by atoms with Crippen LogP contribution in [0.25, 0.3) is 11.0 Å². The highest BCUT2D eigenvalue weighted by Crippen LogP contribution is 2.23. The highest BCUT2D eigenvalue weighted by molar-refractivity contribution is 7.98. The van der Waals surface area contributed by atoms with Crippen LogP contribution >= 0.6 is 11.8 Å². The van der Waals surface area contributed by atoms with Crippen LogP contribution in [0.4, 0.5) is 0 Å². The number of nitrogens with zero attached hydrogens (tertiary/aromatic N) is 2. The second-order valence-electron chi connectivity index (χ2n) is 5.35. The van der Waals surface area contributed by atoms with Gasteiger partial charge in [-0.25, -0.2) is 4.98 Å². The van der Waals surface area contributed by atoms with Crippen LogP contribution in [0.15, 0.2) is 24.3 Å². The van der Waals surface area contributed by atoms with Crippen molar-refractivity contribution in [1.29, 1.82) is 0 Å². The van der Waals surface area contributed by atoms with Gasteiger partial charge in [-0.2, -0.15) is 11.8 Å². The number of aromatic nitrogens is 2. The number of benzene rings is 1. The van der Waals surface area contributed by atoms with Gasteiger partial charge in [0.05, 0.1) is 17.1 Å². The molecule has 0 amide bonds. The number of hydrogen-bond donors (Lipinski definition) is 1. The molecule has 2 aromatic rings. The number of nitrogens with two attached hydrogens (primary N) is 1. The molecule has 2 rings (SSSR count). The summed E-state index contributed by atoms with van der Waals surface area (Å²) in [4.78, 5) is 4.75. The first-order valence-corrected chi connectivity index (χ1v) is 8.22. The summed E-state index contributed by atoms with van der Waals surface area (Å²) in [5.74, 6) is 2.69. The molecular weight excluding hydrogens is 254 g/mol. The normalized spacial score (nSPS) is 13.3. The Morgan fingerprint density at radius 3 is 2.74 bits per heavy atom. The van der Waals surface area contributed by atoms with Crippen LogP contribution in [0.3, 0.4) is 0 Å². The van der Waals surface area contributed by atoms with E-state index in [2.05, 4.69) is 42.9 Å².